The zero-order valence-corrected chi connectivity index (χ0v) is 20.4. The Hall–Kier alpha value is -2.71. The lowest BCUT2D eigenvalue weighted by molar-refractivity contribution is -0.139. The number of hydrogen-bond acceptors (Lipinski definition) is 4. The van der Waals surface area contributed by atoms with Gasteiger partial charge in [-0.25, -0.2) is 8.42 Å². The van der Waals surface area contributed by atoms with Crippen molar-refractivity contribution in [3.63, 3.8) is 0 Å². The molecule has 1 atom stereocenters. The summed E-state index contributed by atoms with van der Waals surface area (Å²) in [4.78, 5) is 24.7. The number of rotatable bonds is 7. The fraction of sp³-hybridized carbons (Fsp3) is 0.440. The second kappa shape index (κ2) is 10.9. The zero-order chi connectivity index (χ0) is 24.0. The average Bonchev–Trinajstić information content (AvgIpc) is 2.80. The Labute approximate surface area is 196 Å². The molecule has 0 saturated carbocycles. The van der Waals surface area contributed by atoms with Crippen LogP contribution >= 0.6 is 0 Å². The standard InChI is InChI=1S/C25H33N3O4S/c1-18-11-12-20(3)23(16-18)33(31,32)28-15-7-6-10-22(28)13-14-26-24(29)25(30)27-17-21-9-5-4-8-19(21)2/h4-5,8-9,11-12,16,22H,6-7,10,13-15,17H2,1-3H3,(H,26,29)(H,27,30). The highest BCUT2D eigenvalue weighted by Crippen LogP contribution is 2.29. The molecule has 0 spiro atoms. The third kappa shape index (κ3) is 6.21. The van der Waals surface area contributed by atoms with Crippen LogP contribution in [0.25, 0.3) is 0 Å². The first kappa shape index (κ1) is 24.9. The molecular weight excluding hydrogens is 438 g/mol. The molecule has 1 aliphatic rings. The molecule has 1 aliphatic heterocycles. The van der Waals surface area contributed by atoms with Gasteiger partial charge in [-0.1, -0.05) is 42.8 Å². The Morgan fingerprint density at radius 2 is 1.70 bits per heavy atom. The Balaban J connectivity index is 1.57. The minimum absolute atomic E-state index is 0.209. The SMILES string of the molecule is Cc1ccc(C)c(S(=O)(=O)N2CCCCC2CCNC(=O)C(=O)NCc2ccccc2C)c1. The number of amides is 2. The molecule has 1 fully saturated rings. The average molecular weight is 472 g/mol. The Kier molecular flexibility index (Phi) is 8.26. The highest BCUT2D eigenvalue weighted by atomic mass is 32.2. The summed E-state index contributed by atoms with van der Waals surface area (Å²) in [5.41, 5.74) is 3.62. The lowest BCUT2D eigenvalue weighted by Gasteiger charge is -2.35. The molecule has 0 radical (unpaired) electrons. The number of nitrogens with zero attached hydrogens (tertiary/aromatic N) is 1. The predicted molar refractivity (Wildman–Crippen MR) is 128 cm³/mol. The normalized spacial score (nSPS) is 16.9. The van der Waals surface area contributed by atoms with Gasteiger partial charge in [-0.2, -0.15) is 4.31 Å². The molecule has 0 aliphatic carbocycles. The number of benzene rings is 2. The van der Waals surface area contributed by atoms with Crippen LogP contribution in [0.1, 0.15) is 47.9 Å². The van der Waals surface area contributed by atoms with Crippen molar-refractivity contribution in [1.29, 1.82) is 0 Å². The summed E-state index contributed by atoms with van der Waals surface area (Å²) in [5, 5.41) is 5.28. The number of hydrogen-bond donors (Lipinski definition) is 2. The quantitative estimate of drug-likeness (QED) is 0.607. The summed E-state index contributed by atoms with van der Waals surface area (Å²) in [7, 11) is -3.63. The van der Waals surface area contributed by atoms with Gasteiger partial charge in [0.05, 0.1) is 4.90 Å². The summed E-state index contributed by atoms with van der Waals surface area (Å²) in [5.74, 6) is -1.40. The van der Waals surface area contributed by atoms with Gasteiger partial charge in [-0.05, 0) is 68.4 Å². The van der Waals surface area contributed by atoms with Gasteiger partial charge in [-0.15, -0.1) is 0 Å². The van der Waals surface area contributed by atoms with Gasteiger partial charge < -0.3 is 10.6 Å². The lowest BCUT2D eigenvalue weighted by Crippen LogP contribution is -2.46. The highest BCUT2D eigenvalue weighted by Gasteiger charge is 2.34. The van der Waals surface area contributed by atoms with Crippen molar-refractivity contribution < 1.29 is 18.0 Å². The third-order valence-electron chi connectivity index (χ3n) is 6.17. The molecule has 2 aromatic rings. The van der Waals surface area contributed by atoms with Crippen molar-refractivity contribution in [2.45, 2.75) is 63.9 Å². The number of nitrogens with one attached hydrogen (secondary N) is 2. The van der Waals surface area contributed by atoms with Crippen molar-refractivity contribution in [2.75, 3.05) is 13.1 Å². The lowest BCUT2D eigenvalue weighted by atomic mass is 10.0. The predicted octanol–water partition coefficient (Wildman–Crippen LogP) is 2.98. The topological polar surface area (TPSA) is 95.6 Å². The number of piperidine rings is 1. The maximum absolute atomic E-state index is 13.4. The molecule has 1 saturated heterocycles. The van der Waals surface area contributed by atoms with E-state index in [1.807, 2.05) is 50.2 Å². The van der Waals surface area contributed by atoms with E-state index in [2.05, 4.69) is 10.6 Å². The van der Waals surface area contributed by atoms with Crippen molar-refractivity contribution in [3.8, 4) is 0 Å². The van der Waals surface area contributed by atoms with Crippen molar-refractivity contribution in [1.82, 2.24) is 14.9 Å². The molecule has 2 N–H and O–H groups in total. The molecule has 3 rings (SSSR count). The molecule has 178 valence electrons. The summed E-state index contributed by atoms with van der Waals surface area (Å²) in [6.07, 6.45) is 2.95. The van der Waals surface area contributed by atoms with E-state index >= 15 is 0 Å². The van der Waals surface area contributed by atoms with Crippen LogP contribution in [0.3, 0.4) is 0 Å². The second-order valence-electron chi connectivity index (χ2n) is 8.69. The van der Waals surface area contributed by atoms with E-state index < -0.39 is 21.8 Å². The van der Waals surface area contributed by atoms with Crippen LogP contribution in [-0.2, 0) is 26.2 Å². The minimum Gasteiger partial charge on any atom is -0.348 e. The van der Waals surface area contributed by atoms with Gasteiger partial charge in [0, 0.05) is 25.7 Å². The van der Waals surface area contributed by atoms with E-state index in [4.69, 9.17) is 0 Å². The van der Waals surface area contributed by atoms with Crippen LogP contribution in [0.2, 0.25) is 0 Å². The van der Waals surface area contributed by atoms with Crippen LogP contribution in [-0.4, -0.2) is 43.7 Å². The molecule has 0 bridgehead atoms. The first-order valence-electron chi connectivity index (χ1n) is 11.4. The molecule has 0 aromatic heterocycles. The monoisotopic (exact) mass is 471 g/mol. The molecular formula is C25H33N3O4S. The molecule has 1 heterocycles. The number of sulfonamides is 1. The Morgan fingerprint density at radius 1 is 0.970 bits per heavy atom. The third-order valence-corrected chi connectivity index (χ3v) is 8.27. The summed E-state index contributed by atoms with van der Waals surface area (Å²) in [6.45, 7) is 6.62. The van der Waals surface area contributed by atoms with E-state index in [1.54, 1.807) is 17.3 Å². The smallest absolute Gasteiger partial charge is 0.309 e. The molecule has 8 heteroatoms. The maximum Gasteiger partial charge on any atom is 0.309 e. The summed E-state index contributed by atoms with van der Waals surface area (Å²) in [6, 6.07) is 12.9. The van der Waals surface area contributed by atoms with Crippen molar-refractivity contribution >= 4 is 21.8 Å². The first-order chi connectivity index (χ1) is 15.7. The summed E-state index contributed by atoms with van der Waals surface area (Å²) < 4.78 is 28.4. The minimum atomic E-state index is -3.63. The fourth-order valence-electron chi connectivity index (χ4n) is 4.19. The van der Waals surface area contributed by atoms with Gasteiger partial charge in [0.15, 0.2) is 0 Å². The van der Waals surface area contributed by atoms with Crippen molar-refractivity contribution in [3.05, 3.63) is 64.7 Å². The van der Waals surface area contributed by atoms with Crippen LogP contribution in [0.4, 0.5) is 0 Å². The fourth-order valence-corrected chi connectivity index (χ4v) is 6.22. The van der Waals surface area contributed by atoms with Crippen molar-refractivity contribution in [2.24, 2.45) is 0 Å². The Morgan fingerprint density at radius 3 is 2.45 bits per heavy atom. The Bertz CT molecular complexity index is 1110. The first-order valence-corrected chi connectivity index (χ1v) is 12.8. The highest BCUT2D eigenvalue weighted by molar-refractivity contribution is 7.89. The van der Waals surface area contributed by atoms with E-state index in [1.165, 1.54) is 0 Å². The molecule has 33 heavy (non-hydrogen) atoms. The van der Waals surface area contributed by atoms with E-state index in [-0.39, 0.29) is 19.1 Å². The maximum atomic E-state index is 13.4. The second-order valence-corrected chi connectivity index (χ2v) is 10.5. The van der Waals surface area contributed by atoms with Gasteiger partial charge in [-0.3, -0.25) is 9.59 Å². The molecule has 2 aromatic carbocycles. The van der Waals surface area contributed by atoms with E-state index in [0.717, 1.165) is 41.5 Å². The van der Waals surface area contributed by atoms with Gasteiger partial charge in [0.1, 0.15) is 0 Å². The van der Waals surface area contributed by atoms with Gasteiger partial charge in [0.2, 0.25) is 10.0 Å². The largest absolute Gasteiger partial charge is 0.348 e. The zero-order valence-electron chi connectivity index (χ0n) is 19.6. The molecule has 2 amide bonds. The molecule has 1 unspecified atom stereocenters. The number of aryl methyl sites for hydroxylation is 3. The van der Waals surface area contributed by atoms with Crippen LogP contribution in [0, 0.1) is 20.8 Å². The van der Waals surface area contributed by atoms with Crippen LogP contribution in [0.15, 0.2) is 47.4 Å². The number of carbonyl (C=O) groups is 2. The van der Waals surface area contributed by atoms with Crippen LogP contribution in [0.5, 0.6) is 0 Å². The van der Waals surface area contributed by atoms with E-state index in [0.29, 0.717) is 17.9 Å². The van der Waals surface area contributed by atoms with Gasteiger partial charge >= 0.3 is 11.8 Å². The summed E-state index contributed by atoms with van der Waals surface area (Å²) >= 11 is 0. The van der Waals surface area contributed by atoms with Crippen LogP contribution < -0.4 is 10.6 Å². The molecule has 7 nitrogen and oxygen atoms in total. The number of carbonyl (C=O) groups excluding carboxylic acids is 2. The van der Waals surface area contributed by atoms with Gasteiger partial charge in [0.25, 0.3) is 0 Å². The van der Waals surface area contributed by atoms with E-state index in [9.17, 15) is 18.0 Å².